The molecule has 0 saturated carbocycles. The lowest BCUT2D eigenvalue weighted by atomic mass is 9.70. The summed E-state index contributed by atoms with van der Waals surface area (Å²) in [7, 11) is 0. The van der Waals surface area contributed by atoms with Gasteiger partial charge in [0.25, 0.3) is 11.4 Å². The fourth-order valence-electron chi connectivity index (χ4n) is 18.6. The van der Waals surface area contributed by atoms with Gasteiger partial charge in [-0.1, -0.05) is 189 Å². The SMILES string of the molecule is [C-]#[N+]/C(C#N)=C\c1ccc(-c2ccc3c(c2)C(CCC)(CCC)c2cc(-c4cc(-c5ccc6c(c5)C(CCC)(CCC)c5cc(-c7ccc(C=C(C#N)C#N)c8nsnc78)ccc5-6)cc(-c5ccc6c(c5)C(CCC)(CCC)c5cc(-c7ccc(/C=C(\C#N)[N+]#[C-])c8nsnc78)ccc5-6)c4)ccc2-3)c2nsnc12. The molecule has 16 rings (SSSR count). The van der Waals surface area contributed by atoms with E-state index in [1.807, 2.05) is 42.5 Å². The number of nitriles is 4. The first kappa shape index (κ1) is 70.1. The van der Waals surface area contributed by atoms with Crippen molar-refractivity contribution in [3.8, 4) is 124 Å². The molecule has 0 bridgehead atoms. The van der Waals surface area contributed by atoms with Crippen LogP contribution < -0.4 is 0 Å². The molecule has 0 saturated heterocycles. The Morgan fingerprint density at radius 1 is 0.306 bits per heavy atom. The third-order valence-corrected chi connectivity index (χ3v) is 24.5. The molecule has 0 fully saturated rings. The molecule has 0 N–H and O–H groups in total. The molecule has 108 heavy (non-hydrogen) atoms. The number of benzene rings is 10. The number of aromatic nitrogens is 6. The lowest BCUT2D eigenvalue weighted by molar-refractivity contribution is 0.436. The van der Waals surface area contributed by atoms with E-state index in [4.69, 9.17) is 39.4 Å². The van der Waals surface area contributed by atoms with Gasteiger partial charge in [0.15, 0.2) is 0 Å². The number of allylic oxidation sites excluding steroid dienone is 3. The zero-order valence-corrected chi connectivity index (χ0v) is 63.3. The lowest BCUT2D eigenvalue weighted by Crippen LogP contribution is -2.25. The van der Waals surface area contributed by atoms with Gasteiger partial charge in [0, 0.05) is 38.5 Å². The first-order valence-corrected chi connectivity index (χ1v) is 39.4. The summed E-state index contributed by atoms with van der Waals surface area (Å²) >= 11 is 3.42. The second-order valence-electron chi connectivity index (χ2n) is 28.9. The van der Waals surface area contributed by atoms with Crippen LogP contribution >= 0.6 is 35.2 Å². The topological polar surface area (TPSA) is 181 Å². The largest absolute Gasteiger partial charge is 0.262 e. The van der Waals surface area contributed by atoms with Crippen LogP contribution in [0.3, 0.4) is 0 Å². The highest BCUT2D eigenvalue weighted by atomic mass is 32.1. The molecule has 0 amide bonds. The number of fused-ring (bicyclic) bond motifs is 12. The van der Waals surface area contributed by atoms with Crippen molar-refractivity contribution in [2.75, 3.05) is 0 Å². The Balaban J connectivity index is 0.857. The Kier molecular flexibility index (Phi) is 18.6. The molecule has 0 radical (unpaired) electrons. The molecule has 3 aromatic heterocycles. The Bertz CT molecular complexity index is 5610. The fraction of sp³-hybridized carbons (Fsp3) is 0.226. The second-order valence-corrected chi connectivity index (χ2v) is 30.5. The third kappa shape index (κ3) is 11.4. The molecule has 12 nitrogen and oxygen atoms in total. The quantitative estimate of drug-likeness (QED) is 0.0496. The zero-order valence-electron chi connectivity index (χ0n) is 60.9. The summed E-state index contributed by atoms with van der Waals surface area (Å²) in [5.74, 6) is 0. The molecule has 0 spiro atoms. The molecule has 3 aliphatic carbocycles. The van der Waals surface area contributed by atoms with E-state index >= 15 is 0 Å². The van der Waals surface area contributed by atoms with Crippen molar-refractivity contribution in [2.24, 2.45) is 0 Å². The minimum Gasteiger partial charge on any atom is -0.227 e. The number of hydrogen-bond acceptors (Lipinski definition) is 13. The van der Waals surface area contributed by atoms with Gasteiger partial charge in [-0.05, 0) is 239 Å². The van der Waals surface area contributed by atoms with Gasteiger partial charge >= 0.3 is 0 Å². The van der Waals surface area contributed by atoms with Crippen molar-refractivity contribution in [3.05, 3.63) is 254 Å². The van der Waals surface area contributed by atoms with Gasteiger partial charge < -0.3 is 0 Å². The Morgan fingerprint density at radius 2 is 0.546 bits per heavy atom. The average Bonchev–Trinajstić information content (AvgIpc) is 1.56. The van der Waals surface area contributed by atoms with Gasteiger partial charge in [-0.3, -0.25) is 0 Å². The Morgan fingerprint density at radius 3 is 0.796 bits per heavy atom. The van der Waals surface area contributed by atoms with Crippen molar-refractivity contribution in [2.45, 2.75) is 135 Å². The lowest BCUT2D eigenvalue weighted by Gasteiger charge is -2.33. The molecule has 13 aromatic rings. The van der Waals surface area contributed by atoms with E-state index in [2.05, 4.69) is 197 Å². The van der Waals surface area contributed by atoms with Crippen LogP contribution in [0.25, 0.3) is 161 Å². The van der Waals surface area contributed by atoms with Gasteiger partial charge in [-0.2, -0.15) is 36.8 Å². The molecule has 0 atom stereocenters. The van der Waals surface area contributed by atoms with Crippen molar-refractivity contribution >= 4 is 86.5 Å². The van der Waals surface area contributed by atoms with Crippen LogP contribution in [0.4, 0.5) is 0 Å². The molecule has 3 heterocycles. The van der Waals surface area contributed by atoms with Crippen LogP contribution in [-0.2, 0) is 16.2 Å². The maximum Gasteiger partial charge on any atom is 0.262 e. The normalized spacial score (nSPS) is 13.8. The van der Waals surface area contributed by atoms with E-state index in [1.54, 1.807) is 18.2 Å². The highest BCUT2D eigenvalue weighted by molar-refractivity contribution is 7.00. The summed E-state index contributed by atoms with van der Waals surface area (Å²) in [6, 6.07) is 70.0. The van der Waals surface area contributed by atoms with Crippen LogP contribution in [0.2, 0.25) is 0 Å². The molecular formula is C93H72N12S3. The number of rotatable bonds is 21. The van der Waals surface area contributed by atoms with E-state index in [0.717, 1.165) is 196 Å². The van der Waals surface area contributed by atoms with Gasteiger partial charge in [-0.25, -0.2) is 20.2 Å². The first-order chi connectivity index (χ1) is 52.9. The van der Waals surface area contributed by atoms with Crippen molar-refractivity contribution < 1.29 is 0 Å². The highest BCUT2D eigenvalue weighted by Crippen LogP contribution is 2.60. The van der Waals surface area contributed by atoms with Crippen LogP contribution in [0.15, 0.2) is 181 Å². The Hall–Kier alpha value is -12.2. The van der Waals surface area contributed by atoms with Crippen LogP contribution in [0.1, 0.15) is 169 Å². The van der Waals surface area contributed by atoms with Gasteiger partial charge in [0.05, 0.1) is 60.5 Å². The van der Waals surface area contributed by atoms with E-state index in [9.17, 15) is 21.0 Å². The standard InChI is InChI=1S/C93H72N12S3/c1-9-33-91(34-10-2)79-45-56(15-27-73(79)76-30-18-59(48-82(76)91)70-24-21-62(39-55(51-94)52-95)85-88(70)103-106-100-85)65-40-66(57-16-28-74-77-31-19-60(49-83(77)92(35-11-3,36-12-4)80(74)46-57)71-25-22-63(43-68(53-96)98-7)86-89(71)104-107-101-86)42-67(41-65)58-17-29-75-78-32-20-61(50-84(78)93(37-13-5,38-14-6)81(75)47-58)72-26-23-64(44-69(54-97)99-8)87-90(72)105-108-102-87/h15-32,39-50H,9-14,33-38H2,1-6H3/b68-43-,69-44+. The maximum atomic E-state index is 9.70. The van der Waals surface area contributed by atoms with Gasteiger partial charge in [0.1, 0.15) is 50.8 Å². The average molecular weight is 1450 g/mol. The van der Waals surface area contributed by atoms with Crippen molar-refractivity contribution in [3.63, 3.8) is 0 Å². The van der Waals surface area contributed by atoms with E-state index < -0.39 is 0 Å². The van der Waals surface area contributed by atoms with Crippen molar-refractivity contribution in [1.82, 2.24) is 26.2 Å². The predicted octanol–water partition coefficient (Wildman–Crippen LogP) is 25.3. The number of nitrogens with zero attached hydrogens (tertiary/aromatic N) is 12. The van der Waals surface area contributed by atoms with Gasteiger partial charge in [-0.15, -0.1) is 0 Å². The molecule has 0 unspecified atom stereocenters. The van der Waals surface area contributed by atoms with Crippen LogP contribution in [-0.4, -0.2) is 26.2 Å². The summed E-state index contributed by atoms with van der Waals surface area (Å²) in [5, 5.41) is 38.8. The Labute approximate surface area is 642 Å². The first-order valence-electron chi connectivity index (χ1n) is 37.2. The monoisotopic (exact) mass is 1450 g/mol. The zero-order chi connectivity index (χ0) is 74.6. The molecule has 522 valence electrons. The highest BCUT2D eigenvalue weighted by Gasteiger charge is 2.46. The maximum absolute atomic E-state index is 9.70. The van der Waals surface area contributed by atoms with Crippen LogP contribution in [0, 0.1) is 58.5 Å². The van der Waals surface area contributed by atoms with E-state index in [0.29, 0.717) is 33.2 Å². The summed E-state index contributed by atoms with van der Waals surface area (Å²) in [6.45, 7) is 29.0. The third-order valence-electron chi connectivity index (χ3n) is 22.9. The minimum atomic E-state index is -0.291. The van der Waals surface area contributed by atoms with Crippen LogP contribution in [0.5, 0.6) is 0 Å². The summed E-state index contributed by atoms with van der Waals surface area (Å²) in [4.78, 5) is 6.88. The molecule has 10 aromatic carbocycles. The minimum absolute atomic E-state index is 0.000946. The fourth-order valence-corrected chi connectivity index (χ4v) is 20.4. The summed E-state index contributed by atoms with van der Waals surface area (Å²) in [5.41, 5.74) is 34.0. The predicted molar refractivity (Wildman–Crippen MR) is 440 cm³/mol. The van der Waals surface area contributed by atoms with E-state index in [-0.39, 0.29) is 33.2 Å². The number of hydrogen-bond donors (Lipinski definition) is 0. The second kappa shape index (κ2) is 28.6. The summed E-state index contributed by atoms with van der Waals surface area (Å²) < 4.78 is 28.6. The molecule has 15 heteroatoms. The molecule has 0 aliphatic heterocycles. The van der Waals surface area contributed by atoms with Crippen molar-refractivity contribution in [1.29, 1.82) is 21.0 Å². The smallest absolute Gasteiger partial charge is 0.227 e. The summed E-state index contributed by atoms with van der Waals surface area (Å²) in [6.07, 6.45) is 16.5. The van der Waals surface area contributed by atoms with E-state index in [1.165, 1.54) is 66.8 Å². The van der Waals surface area contributed by atoms with Gasteiger partial charge in [0.2, 0.25) is 0 Å². The molecular weight excluding hydrogens is 1380 g/mol. The molecule has 3 aliphatic rings.